The monoisotopic (exact) mass is 519 g/mol. The normalized spacial score (nSPS) is 10.4. The summed E-state index contributed by atoms with van der Waals surface area (Å²) < 4.78 is 23.9. The Morgan fingerprint density at radius 1 is 1.17 bits per heavy atom. The number of methoxy groups -OCH3 is 1. The van der Waals surface area contributed by atoms with Gasteiger partial charge >= 0.3 is 0 Å². The van der Waals surface area contributed by atoms with Gasteiger partial charge in [0.2, 0.25) is 6.41 Å². The van der Waals surface area contributed by atoms with Crippen LogP contribution in [0, 0.1) is 24.1 Å². The quantitative estimate of drug-likeness (QED) is 0.209. The highest BCUT2D eigenvalue weighted by Crippen LogP contribution is 2.40. The van der Waals surface area contributed by atoms with Crippen LogP contribution in [0.2, 0.25) is 5.02 Å². The largest absolute Gasteiger partial charge is 0.495 e. The van der Waals surface area contributed by atoms with Crippen LogP contribution in [0.5, 0.6) is 5.75 Å². The highest BCUT2D eigenvalue weighted by atomic mass is 35.5. The number of nitrogens with zero attached hydrogens (tertiary/aromatic N) is 4. The first-order chi connectivity index (χ1) is 17.4. The summed E-state index contributed by atoms with van der Waals surface area (Å²) in [6.07, 6.45) is 2.20. The van der Waals surface area contributed by atoms with Crippen molar-refractivity contribution in [2.24, 2.45) is 0 Å². The van der Waals surface area contributed by atoms with E-state index in [1.807, 2.05) is 25.1 Å². The average Bonchev–Trinajstić information content (AvgIpc) is 2.90. The number of amides is 1. The van der Waals surface area contributed by atoms with Gasteiger partial charge in [-0.05, 0) is 78.5 Å². The van der Waals surface area contributed by atoms with Crippen LogP contribution in [0.25, 0.3) is 11.1 Å². The van der Waals surface area contributed by atoms with Crippen LogP contribution in [0.4, 0.5) is 21.6 Å². The summed E-state index contributed by atoms with van der Waals surface area (Å²) in [7, 11) is 1.44. The molecule has 1 N–H and O–H groups in total. The maximum Gasteiger partial charge on any atom is 0.218 e. The molecule has 0 spiro atoms. The van der Waals surface area contributed by atoms with E-state index in [-0.39, 0.29) is 27.6 Å². The van der Waals surface area contributed by atoms with E-state index in [9.17, 15) is 10.1 Å². The Bertz CT molecular complexity index is 1460. The molecule has 4 aromatic rings. The predicted molar refractivity (Wildman–Crippen MR) is 139 cm³/mol. The van der Waals surface area contributed by atoms with Gasteiger partial charge in [0.25, 0.3) is 0 Å². The number of ether oxygens (including phenoxy) is 1. The fraction of sp³-hybridized carbons (Fsp3) is 0.0769. The molecule has 0 radical (unpaired) electrons. The number of nitriles is 1. The second kappa shape index (κ2) is 11.1. The lowest BCUT2D eigenvalue weighted by Gasteiger charge is -2.23. The van der Waals surface area contributed by atoms with Crippen molar-refractivity contribution in [1.29, 1.82) is 5.26 Å². The first kappa shape index (κ1) is 25.0. The van der Waals surface area contributed by atoms with E-state index in [0.717, 1.165) is 10.5 Å². The van der Waals surface area contributed by atoms with Gasteiger partial charge in [-0.25, -0.2) is 4.39 Å². The van der Waals surface area contributed by atoms with Crippen molar-refractivity contribution >= 4 is 47.2 Å². The molecule has 0 aliphatic heterocycles. The molecule has 10 heteroatoms. The van der Waals surface area contributed by atoms with E-state index < -0.39 is 5.82 Å². The molecule has 4 rings (SSSR count). The second-order valence-corrected chi connectivity index (χ2v) is 8.83. The topological polar surface area (TPSA) is 91.1 Å². The number of rotatable bonds is 8. The molecule has 180 valence electrons. The van der Waals surface area contributed by atoms with Crippen LogP contribution in [-0.4, -0.2) is 23.7 Å². The molecular formula is C26H19ClFN5O2S. The summed E-state index contributed by atoms with van der Waals surface area (Å²) in [5, 5.41) is 17.3. The van der Waals surface area contributed by atoms with Crippen molar-refractivity contribution in [2.45, 2.75) is 11.8 Å². The summed E-state index contributed by atoms with van der Waals surface area (Å²) in [4.78, 5) is 14.4. The van der Waals surface area contributed by atoms with Crippen molar-refractivity contribution in [3.63, 3.8) is 0 Å². The third-order valence-electron chi connectivity index (χ3n) is 5.30. The average molecular weight is 520 g/mol. The summed E-state index contributed by atoms with van der Waals surface area (Å²) in [6, 6.07) is 18.5. The van der Waals surface area contributed by atoms with Gasteiger partial charge in [-0.3, -0.25) is 9.69 Å². The molecule has 1 amide bonds. The lowest BCUT2D eigenvalue weighted by atomic mass is 10.0. The third-order valence-corrected chi connectivity index (χ3v) is 6.44. The number of aromatic nitrogens is 2. The number of nitrogens with one attached hydrogen (secondary N) is 1. The Morgan fingerprint density at radius 3 is 2.67 bits per heavy atom. The van der Waals surface area contributed by atoms with Crippen molar-refractivity contribution in [2.75, 3.05) is 16.7 Å². The van der Waals surface area contributed by atoms with Crippen molar-refractivity contribution < 1.29 is 13.9 Å². The first-order valence-electron chi connectivity index (χ1n) is 10.6. The van der Waals surface area contributed by atoms with Crippen LogP contribution >= 0.6 is 23.5 Å². The Balaban J connectivity index is 1.66. The zero-order chi connectivity index (χ0) is 25.7. The van der Waals surface area contributed by atoms with Crippen LogP contribution in [0.15, 0.2) is 71.8 Å². The van der Waals surface area contributed by atoms with E-state index in [1.54, 1.807) is 30.5 Å². The molecule has 7 nitrogen and oxygen atoms in total. The van der Waals surface area contributed by atoms with Crippen molar-refractivity contribution in [1.82, 2.24) is 10.2 Å². The Kier molecular flexibility index (Phi) is 7.68. The van der Waals surface area contributed by atoms with E-state index in [2.05, 4.69) is 14.9 Å². The SMILES string of the molecule is COc1cc(-c2ccc(Cl)c(C#N)c2)c(F)cc1N(C=O)c1ccc(SNc2cccnn2)cc1C. The Labute approximate surface area is 216 Å². The number of benzene rings is 3. The van der Waals surface area contributed by atoms with Gasteiger partial charge in [-0.15, -0.1) is 5.10 Å². The number of aryl methyl sites for hydroxylation is 1. The molecule has 0 fully saturated rings. The van der Waals surface area contributed by atoms with Crippen LogP contribution < -0.4 is 14.4 Å². The lowest BCUT2D eigenvalue weighted by molar-refractivity contribution is -0.106. The Morgan fingerprint density at radius 2 is 2.00 bits per heavy atom. The van der Waals surface area contributed by atoms with Gasteiger partial charge in [0.05, 0.1) is 29.1 Å². The standard InChI is InChI=1S/C26H19ClFN5O2S/c1-16-10-19(36-32-26-4-3-9-30-31-26)6-8-23(16)33(15-34)24-13-22(28)20(12-25(24)35-2)17-5-7-21(27)18(11-17)14-29/h3-13,15H,1-2H3,(H,31,32). The van der Waals surface area contributed by atoms with Gasteiger partial charge < -0.3 is 9.46 Å². The van der Waals surface area contributed by atoms with E-state index in [1.165, 1.54) is 48.2 Å². The van der Waals surface area contributed by atoms with Gasteiger partial charge in [0.15, 0.2) is 5.82 Å². The summed E-state index contributed by atoms with van der Waals surface area (Å²) >= 11 is 7.36. The van der Waals surface area contributed by atoms with Gasteiger partial charge in [0.1, 0.15) is 17.6 Å². The molecule has 0 saturated carbocycles. The highest BCUT2D eigenvalue weighted by molar-refractivity contribution is 8.00. The van der Waals surface area contributed by atoms with Crippen molar-refractivity contribution in [3.05, 3.63) is 88.8 Å². The van der Waals surface area contributed by atoms with Gasteiger partial charge in [-0.2, -0.15) is 10.4 Å². The molecule has 36 heavy (non-hydrogen) atoms. The van der Waals surface area contributed by atoms with Crippen LogP contribution in [-0.2, 0) is 4.79 Å². The number of hydrogen-bond acceptors (Lipinski definition) is 7. The lowest BCUT2D eigenvalue weighted by Crippen LogP contribution is -2.16. The van der Waals surface area contributed by atoms with Gasteiger partial charge in [-0.1, -0.05) is 17.7 Å². The zero-order valence-electron chi connectivity index (χ0n) is 19.2. The number of carbonyl (C=O) groups is 1. The summed E-state index contributed by atoms with van der Waals surface area (Å²) in [5.41, 5.74) is 2.50. The Hall–Kier alpha value is -4.13. The maximum atomic E-state index is 15.3. The molecule has 1 heterocycles. The van der Waals surface area contributed by atoms with E-state index >= 15 is 4.39 Å². The molecular weight excluding hydrogens is 501 g/mol. The number of carbonyl (C=O) groups excluding carboxylic acids is 1. The fourth-order valence-electron chi connectivity index (χ4n) is 3.57. The van der Waals surface area contributed by atoms with Gasteiger partial charge in [0, 0.05) is 22.7 Å². The molecule has 0 aliphatic rings. The molecule has 0 aliphatic carbocycles. The highest BCUT2D eigenvalue weighted by Gasteiger charge is 2.20. The molecule has 0 bridgehead atoms. The minimum absolute atomic E-state index is 0.216. The molecule has 0 atom stereocenters. The number of halogens is 2. The van der Waals surface area contributed by atoms with Crippen LogP contribution in [0.3, 0.4) is 0 Å². The summed E-state index contributed by atoms with van der Waals surface area (Å²) in [6.45, 7) is 1.85. The fourth-order valence-corrected chi connectivity index (χ4v) is 4.43. The number of hydrogen-bond donors (Lipinski definition) is 1. The zero-order valence-corrected chi connectivity index (χ0v) is 20.8. The van der Waals surface area contributed by atoms with E-state index in [4.69, 9.17) is 16.3 Å². The minimum Gasteiger partial charge on any atom is -0.495 e. The molecule has 1 aromatic heterocycles. The maximum absolute atomic E-state index is 15.3. The minimum atomic E-state index is -0.582. The predicted octanol–water partition coefficient (Wildman–Crippen LogP) is 6.54. The van der Waals surface area contributed by atoms with E-state index in [0.29, 0.717) is 23.5 Å². The smallest absolute Gasteiger partial charge is 0.218 e. The summed E-state index contributed by atoms with van der Waals surface area (Å²) in [5.74, 6) is 0.317. The molecule has 0 saturated heterocycles. The molecule has 0 unspecified atom stereocenters. The third kappa shape index (κ3) is 5.25. The number of anilines is 3. The first-order valence-corrected chi connectivity index (χ1v) is 11.8. The van der Waals surface area contributed by atoms with Crippen LogP contribution in [0.1, 0.15) is 11.1 Å². The second-order valence-electron chi connectivity index (χ2n) is 7.55. The van der Waals surface area contributed by atoms with Crippen molar-refractivity contribution in [3.8, 4) is 22.9 Å². The molecule has 3 aromatic carbocycles.